The lowest BCUT2D eigenvalue weighted by atomic mass is 10.2. The van der Waals surface area contributed by atoms with Crippen molar-refractivity contribution in [3.63, 3.8) is 0 Å². The highest BCUT2D eigenvalue weighted by molar-refractivity contribution is 6.04. The van der Waals surface area contributed by atoms with Gasteiger partial charge >= 0.3 is 11.7 Å². The van der Waals surface area contributed by atoms with Gasteiger partial charge < -0.3 is 20.0 Å². The van der Waals surface area contributed by atoms with Gasteiger partial charge in [-0.3, -0.25) is 9.59 Å². The largest absolute Gasteiger partial charge is 0.477 e. The van der Waals surface area contributed by atoms with E-state index >= 15 is 0 Å². The molecule has 29 heavy (non-hydrogen) atoms. The number of amides is 1. The Morgan fingerprint density at radius 2 is 1.79 bits per heavy atom. The molecule has 3 N–H and O–H groups in total. The normalized spacial score (nSPS) is 11.1. The second-order valence-corrected chi connectivity index (χ2v) is 6.59. The molecular weight excluding hydrogens is 376 g/mol. The summed E-state index contributed by atoms with van der Waals surface area (Å²) >= 11 is 0. The van der Waals surface area contributed by atoms with Crippen molar-refractivity contribution in [1.82, 2.24) is 14.1 Å². The zero-order valence-electron chi connectivity index (χ0n) is 15.5. The minimum atomic E-state index is -1.29. The van der Waals surface area contributed by atoms with Crippen molar-refractivity contribution in [2.45, 2.75) is 6.92 Å². The molecule has 0 unspecified atom stereocenters. The average molecular weight is 392 g/mol. The first kappa shape index (κ1) is 18.2. The first-order chi connectivity index (χ1) is 13.8. The molecule has 9 heteroatoms. The molecule has 2 aromatic carbocycles. The Labute approximate surface area is 162 Å². The minimum Gasteiger partial charge on any atom is -0.477 e. The number of fused-ring (bicyclic) bond motifs is 2. The summed E-state index contributed by atoms with van der Waals surface area (Å²) in [6.07, 6.45) is 0. The van der Waals surface area contributed by atoms with Crippen LogP contribution in [0.1, 0.15) is 17.4 Å². The van der Waals surface area contributed by atoms with Crippen molar-refractivity contribution >= 4 is 39.4 Å². The van der Waals surface area contributed by atoms with Crippen LogP contribution in [0.5, 0.6) is 0 Å². The number of nitrogens with zero attached hydrogens (tertiary/aromatic N) is 2. The zero-order valence-corrected chi connectivity index (χ0v) is 15.5. The topological polar surface area (TPSA) is 126 Å². The fourth-order valence-corrected chi connectivity index (χ4v) is 3.54. The molecule has 0 saturated heterocycles. The third-order valence-electron chi connectivity index (χ3n) is 4.72. The molecule has 0 aliphatic carbocycles. The van der Waals surface area contributed by atoms with Gasteiger partial charge in [-0.05, 0) is 30.3 Å². The van der Waals surface area contributed by atoms with Gasteiger partial charge in [0.1, 0.15) is 0 Å². The molecule has 0 aliphatic rings. The van der Waals surface area contributed by atoms with E-state index in [1.807, 2.05) is 0 Å². The van der Waals surface area contributed by atoms with E-state index in [9.17, 15) is 24.3 Å². The number of rotatable bonds is 3. The number of carbonyl (C=O) groups is 2. The van der Waals surface area contributed by atoms with Crippen molar-refractivity contribution in [1.29, 1.82) is 0 Å². The second-order valence-electron chi connectivity index (χ2n) is 6.59. The van der Waals surface area contributed by atoms with E-state index in [1.165, 1.54) is 18.5 Å². The monoisotopic (exact) mass is 392 g/mol. The first-order valence-electron chi connectivity index (χ1n) is 8.67. The van der Waals surface area contributed by atoms with Crippen LogP contribution in [0.15, 0.2) is 52.1 Å². The van der Waals surface area contributed by atoms with Crippen LogP contribution >= 0.6 is 0 Å². The van der Waals surface area contributed by atoms with Gasteiger partial charge in [-0.2, -0.15) is 0 Å². The third kappa shape index (κ3) is 2.80. The number of carboxylic acids is 1. The average Bonchev–Trinajstić information content (AvgIpc) is 2.93. The van der Waals surface area contributed by atoms with Gasteiger partial charge in [0.15, 0.2) is 5.69 Å². The highest BCUT2D eigenvalue weighted by Gasteiger charge is 2.25. The van der Waals surface area contributed by atoms with Crippen LogP contribution in [0.2, 0.25) is 0 Å². The number of para-hydroxylation sites is 1. The van der Waals surface area contributed by atoms with Crippen LogP contribution in [-0.2, 0) is 11.8 Å². The molecular formula is C20H16N4O5. The molecule has 0 atom stereocenters. The molecule has 2 aromatic heterocycles. The van der Waals surface area contributed by atoms with Gasteiger partial charge in [0.2, 0.25) is 5.91 Å². The van der Waals surface area contributed by atoms with Crippen LogP contribution in [0.25, 0.3) is 27.5 Å². The van der Waals surface area contributed by atoms with Gasteiger partial charge in [0.25, 0.3) is 5.56 Å². The quantitative estimate of drug-likeness (QED) is 0.490. The van der Waals surface area contributed by atoms with Crippen molar-refractivity contribution in [3.8, 4) is 5.69 Å². The number of nitrogens with one attached hydrogen (secondary N) is 2. The van der Waals surface area contributed by atoms with Crippen molar-refractivity contribution in [2.75, 3.05) is 5.32 Å². The summed E-state index contributed by atoms with van der Waals surface area (Å²) in [6.45, 7) is 1.34. The van der Waals surface area contributed by atoms with E-state index in [1.54, 1.807) is 42.5 Å². The zero-order chi connectivity index (χ0) is 20.9. The van der Waals surface area contributed by atoms with Crippen molar-refractivity contribution < 1.29 is 14.7 Å². The number of aromatic nitrogens is 3. The predicted molar refractivity (Wildman–Crippen MR) is 108 cm³/mol. The van der Waals surface area contributed by atoms with E-state index in [2.05, 4.69) is 10.3 Å². The number of aryl methyl sites for hydroxylation is 1. The van der Waals surface area contributed by atoms with Crippen LogP contribution in [0.4, 0.5) is 5.69 Å². The number of hydrogen-bond acceptors (Lipinski definition) is 4. The van der Waals surface area contributed by atoms with E-state index < -0.39 is 17.2 Å². The molecule has 0 saturated carbocycles. The maximum atomic E-state index is 13.1. The molecule has 146 valence electrons. The molecule has 0 aliphatic heterocycles. The lowest BCUT2D eigenvalue weighted by Crippen LogP contribution is -2.34. The smallest absolute Gasteiger partial charge is 0.354 e. The molecule has 2 heterocycles. The van der Waals surface area contributed by atoms with Gasteiger partial charge in [-0.1, -0.05) is 12.1 Å². The van der Waals surface area contributed by atoms with Gasteiger partial charge in [0, 0.05) is 25.0 Å². The Balaban J connectivity index is 2.18. The van der Waals surface area contributed by atoms with E-state index in [0.29, 0.717) is 22.1 Å². The summed E-state index contributed by atoms with van der Waals surface area (Å²) < 4.78 is 2.22. The maximum Gasteiger partial charge on any atom is 0.354 e. The maximum absolute atomic E-state index is 13.1. The van der Waals surface area contributed by atoms with Gasteiger partial charge in [-0.15, -0.1) is 0 Å². The number of carbonyl (C=O) groups excluding carboxylic acids is 1. The molecule has 0 radical (unpaired) electrons. The number of carboxylic acid groups (broad SMARTS) is 1. The highest BCUT2D eigenvalue weighted by Crippen LogP contribution is 2.30. The number of benzene rings is 2. The number of aromatic carboxylic acids is 1. The molecule has 0 fully saturated rings. The molecule has 0 spiro atoms. The summed E-state index contributed by atoms with van der Waals surface area (Å²) in [5, 5.41) is 13.0. The standard InChI is InChI=1S/C20H16N4O5/c1-10(25)21-11-7-8-15-13(9-11)16(17(19(27)28)23(15)2)24-18(26)12-5-3-4-6-14(12)22-20(24)29/h3-9H,1-2H3,(H,21,25)(H,22,29)(H,27,28). The van der Waals surface area contributed by atoms with Crippen molar-refractivity contribution in [2.24, 2.45) is 7.05 Å². The lowest BCUT2D eigenvalue weighted by molar-refractivity contribution is -0.114. The van der Waals surface area contributed by atoms with Crippen LogP contribution in [0, 0.1) is 0 Å². The predicted octanol–water partition coefficient (Wildman–Crippen LogP) is 1.83. The third-order valence-corrected chi connectivity index (χ3v) is 4.72. The summed E-state index contributed by atoms with van der Waals surface area (Å²) in [7, 11) is 1.54. The van der Waals surface area contributed by atoms with E-state index in [-0.39, 0.29) is 22.7 Å². The Bertz CT molecular complexity index is 1440. The first-order valence-corrected chi connectivity index (χ1v) is 8.67. The number of anilines is 1. The number of aromatic amines is 1. The Kier molecular flexibility index (Phi) is 4.08. The molecule has 0 bridgehead atoms. The summed E-state index contributed by atoms with van der Waals surface area (Å²) in [5.41, 5.74) is -0.403. The lowest BCUT2D eigenvalue weighted by Gasteiger charge is -2.08. The van der Waals surface area contributed by atoms with Crippen molar-refractivity contribution in [3.05, 3.63) is 69.0 Å². The Hall–Kier alpha value is -4.14. The van der Waals surface area contributed by atoms with E-state index in [0.717, 1.165) is 4.57 Å². The SMILES string of the molecule is CC(=O)Nc1ccc2c(c1)c(-n1c(=O)[nH]c3ccccc3c1=O)c(C(=O)O)n2C. The summed E-state index contributed by atoms with van der Waals surface area (Å²) in [4.78, 5) is 51.9. The Morgan fingerprint density at radius 3 is 2.48 bits per heavy atom. The van der Waals surface area contributed by atoms with E-state index in [4.69, 9.17) is 0 Å². The van der Waals surface area contributed by atoms with Gasteiger partial charge in [0.05, 0.1) is 22.1 Å². The number of H-pyrrole nitrogens is 1. The highest BCUT2D eigenvalue weighted by atomic mass is 16.4. The second kappa shape index (κ2) is 6.48. The number of hydrogen-bond donors (Lipinski definition) is 3. The fourth-order valence-electron chi connectivity index (χ4n) is 3.54. The summed E-state index contributed by atoms with van der Waals surface area (Å²) in [6, 6.07) is 11.3. The minimum absolute atomic E-state index is 0.0563. The van der Waals surface area contributed by atoms with Crippen LogP contribution < -0.4 is 16.6 Å². The van der Waals surface area contributed by atoms with Crippen LogP contribution in [0.3, 0.4) is 0 Å². The van der Waals surface area contributed by atoms with Crippen LogP contribution in [-0.4, -0.2) is 31.1 Å². The molecule has 1 amide bonds. The molecule has 9 nitrogen and oxygen atoms in total. The molecule has 4 rings (SSSR count). The van der Waals surface area contributed by atoms with Gasteiger partial charge in [-0.25, -0.2) is 14.2 Å². The summed E-state index contributed by atoms with van der Waals surface area (Å²) in [5.74, 6) is -1.60. The fraction of sp³-hybridized carbons (Fsp3) is 0.100. The Morgan fingerprint density at radius 1 is 1.07 bits per heavy atom. The molecule has 4 aromatic rings.